The zero-order valence-electron chi connectivity index (χ0n) is 13.6. The Hall–Kier alpha value is -1.41. The number of hydrogen-bond acceptors (Lipinski definition) is 4. The van der Waals surface area contributed by atoms with E-state index < -0.39 is 0 Å². The second kappa shape index (κ2) is 8.89. The number of nitriles is 1. The zero-order valence-corrected chi connectivity index (χ0v) is 13.6. The highest BCUT2D eigenvalue weighted by molar-refractivity contribution is 5.31. The molecule has 0 saturated carbocycles. The highest BCUT2D eigenvalue weighted by Crippen LogP contribution is 2.13. The first-order chi connectivity index (χ1) is 10.7. The minimum atomic E-state index is 0.297. The lowest BCUT2D eigenvalue weighted by Crippen LogP contribution is -2.34. The second-order valence-electron chi connectivity index (χ2n) is 6.08. The van der Waals surface area contributed by atoms with Crippen molar-refractivity contribution in [3.8, 4) is 6.07 Å². The standard InChI is InChI=1S/C18H26N2O2/c1-15(2)20(9-11-21-14-18-4-3-10-22-18)13-17-7-5-16(12-19)6-8-17/h5-8,15,18H,3-4,9-11,13-14H2,1-2H3. The Balaban J connectivity index is 1.75. The van der Waals surface area contributed by atoms with Crippen LogP contribution in [0.4, 0.5) is 0 Å². The van der Waals surface area contributed by atoms with Crippen molar-refractivity contribution in [2.24, 2.45) is 0 Å². The van der Waals surface area contributed by atoms with Crippen molar-refractivity contribution in [1.82, 2.24) is 4.90 Å². The molecule has 1 aromatic carbocycles. The Morgan fingerprint density at radius 1 is 1.36 bits per heavy atom. The molecule has 0 aromatic heterocycles. The van der Waals surface area contributed by atoms with Gasteiger partial charge < -0.3 is 9.47 Å². The van der Waals surface area contributed by atoms with Crippen LogP contribution in [0.2, 0.25) is 0 Å². The molecular formula is C18H26N2O2. The van der Waals surface area contributed by atoms with Gasteiger partial charge in [0.1, 0.15) is 0 Å². The molecule has 4 nitrogen and oxygen atoms in total. The molecule has 120 valence electrons. The smallest absolute Gasteiger partial charge is 0.0991 e. The fourth-order valence-corrected chi connectivity index (χ4v) is 2.61. The normalized spacial score (nSPS) is 18.0. The van der Waals surface area contributed by atoms with E-state index in [0.717, 1.165) is 39.1 Å². The van der Waals surface area contributed by atoms with Gasteiger partial charge in [0, 0.05) is 25.7 Å². The van der Waals surface area contributed by atoms with Crippen molar-refractivity contribution in [2.75, 3.05) is 26.4 Å². The van der Waals surface area contributed by atoms with Crippen molar-refractivity contribution in [3.05, 3.63) is 35.4 Å². The van der Waals surface area contributed by atoms with E-state index in [1.807, 2.05) is 24.3 Å². The summed E-state index contributed by atoms with van der Waals surface area (Å²) in [6, 6.07) is 10.4. The minimum Gasteiger partial charge on any atom is -0.377 e. The summed E-state index contributed by atoms with van der Waals surface area (Å²) in [6.45, 7) is 8.51. The molecule has 1 aromatic rings. The quantitative estimate of drug-likeness (QED) is 0.693. The molecule has 0 N–H and O–H groups in total. The first kappa shape index (κ1) is 17.0. The summed E-state index contributed by atoms with van der Waals surface area (Å²) >= 11 is 0. The van der Waals surface area contributed by atoms with Crippen molar-refractivity contribution < 1.29 is 9.47 Å². The highest BCUT2D eigenvalue weighted by atomic mass is 16.5. The summed E-state index contributed by atoms with van der Waals surface area (Å²) in [6.07, 6.45) is 2.58. The third-order valence-corrected chi connectivity index (χ3v) is 4.05. The zero-order chi connectivity index (χ0) is 15.8. The summed E-state index contributed by atoms with van der Waals surface area (Å²) < 4.78 is 11.3. The Labute approximate surface area is 133 Å². The summed E-state index contributed by atoms with van der Waals surface area (Å²) in [7, 11) is 0. The lowest BCUT2D eigenvalue weighted by Gasteiger charge is -2.26. The minimum absolute atomic E-state index is 0.297. The molecule has 4 heteroatoms. The van der Waals surface area contributed by atoms with E-state index in [1.165, 1.54) is 5.56 Å². The predicted molar refractivity (Wildman–Crippen MR) is 86.5 cm³/mol. The van der Waals surface area contributed by atoms with Crippen LogP contribution >= 0.6 is 0 Å². The largest absolute Gasteiger partial charge is 0.377 e. The molecule has 1 aliphatic heterocycles. The third-order valence-electron chi connectivity index (χ3n) is 4.05. The van der Waals surface area contributed by atoms with E-state index >= 15 is 0 Å². The Morgan fingerprint density at radius 2 is 2.14 bits per heavy atom. The van der Waals surface area contributed by atoms with Crippen LogP contribution in [0.15, 0.2) is 24.3 Å². The molecule has 0 bridgehead atoms. The van der Waals surface area contributed by atoms with E-state index in [-0.39, 0.29) is 0 Å². The topological polar surface area (TPSA) is 45.5 Å². The number of hydrogen-bond donors (Lipinski definition) is 0. The highest BCUT2D eigenvalue weighted by Gasteiger charge is 2.16. The van der Waals surface area contributed by atoms with Crippen molar-refractivity contribution in [2.45, 2.75) is 45.4 Å². The molecule has 1 heterocycles. The molecule has 1 unspecified atom stereocenters. The van der Waals surface area contributed by atoms with Crippen molar-refractivity contribution in [1.29, 1.82) is 5.26 Å². The van der Waals surface area contributed by atoms with Crippen molar-refractivity contribution in [3.63, 3.8) is 0 Å². The molecule has 0 spiro atoms. The third kappa shape index (κ3) is 5.42. The van der Waals surface area contributed by atoms with Gasteiger partial charge in [-0.3, -0.25) is 4.90 Å². The van der Waals surface area contributed by atoms with Crippen LogP contribution in [0.25, 0.3) is 0 Å². The van der Waals surface area contributed by atoms with Gasteiger partial charge in [-0.05, 0) is 44.4 Å². The van der Waals surface area contributed by atoms with E-state index in [9.17, 15) is 0 Å². The lowest BCUT2D eigenvalue weighted by atomic mass is 10.1. The number of rotatable bonds is 8. The van der Waals surface area contributed by atoms with Crippen LogP contribution in [0.3, 0.4) is 0 Å². The number of nitrogens with zero attached hydrogens (tertiary/aromatic N) is 2. The van der Waals surface area contributed by atoms with Gasteiger partial charge in [0.25, 0.3) is 0 Å². The average molecular weight is 302 g/mol. The first-order valence-corrected chi connectivity index (χ1v) is 8.11. The molecule has 1 atom stereocenters. The average Bonchev–Trinajstić information content (AvgIpc) is 3.04. The summed E-state index contributed by atoms with van der Waals surface area (Å²) in [5, 5.41) is 8.84. The van der Waals surface area contributed by atoms with Gasteiger partial charge in [-0.1, -0.05) is 12.1 Å². The first-order valence-electron chi connectivity index (χ1n) is 8.11. The Morgan fingerprint density at radius 3 is 2.73 bits per heavy atom. The van der Waals surface area contributed by atoms with Crippen LogP contribution in [0.1, 0.15) is 37.8 Å². The maximum absolute atomic E-state index is 8.84. The molecule has 0 amide bonds. The van der Waals surface area contributed by atoms with E-state index in [2.05, 4.69) is 24.8 Å². The molecule has 0 radical (unpaired) electrons. The van der Waals surface area contributed by atoms with E-state index in [0.29, 0.717) is 24.3 Å². The van der Waals surface area contributed by atoms with Gasteiger partial charge in [0.15, 0.2) is 0 Å². The van der Waals surface area contributed by atoms with Gasteiger partial charge in [-0.2, -0.15) is 5.26 Å². The van der Waals surface area contributed by atoms with Gasteiger partial charge in [-0.15, -0.1) is 0 Å². The second-order valence-corrected chi connectivity index (χ2v) is 6.08. The van der Waals surface area contributed by atoms with Gasteiger partial charge in [0.2, 0.25) is 0 Å². The Bertz CT molecular complexity index is 473. The SMILES string of the molecule is CC(C)N(CCOCC1CCCO1)Cc1ccc(C#N)cc1. The van der Waals surface area contributed by atoms with Crippen LogP contribution in [-0.4, -0.2) is 43.4 Å². The van der Waals surface area contributed by atoms with Gasteiger partial charge in [-0.25, -0.2) is 0 Å². The maximum atomic E-state index is 8.84. The van der Waals surface area contributed by atoms with Crippen LogP contribution in [0.5, 0.6) is 0 Å². The van der Waals surface area contributed by atoms with Crippen LogP contribution in [0, 0.1) is 11.3 Å². The fraction of sp³-hybridized carbons (Fsp3) is 0.611. The van der Waals surface area contributed by atoms with Crippen LogP contribution in [-0.2, 0) is 16.0 Å². The molecule has 22 heavy (non-hydrogen) atoms. The van der Waals surface area contributed by atoms with E-state index in [1.54, 1.807) is 0 Å². The molecule has 0 aliphatic carbocycles. The lowest BCUT2D eigenvalue weighted by molar-refractivity contribution is 0.00735. The number of ether oxygens (including phenoxy) is 2. The molecule has 1 saturated heterocycles. The molecule has 1 aliphatic rings. The summed E-state index contributed by atoms with van der Waals surface area (Å²) in [4.78, 5) is 2.39. The predicted octanol–water partition coefficient (Wildman–Crippen LogP) is 2.96. The van der Waals surface area contributed by atoms with Gasteiger partial charge in [0.05, 0.1) is 31.0 Å². The van der Waals surface area contributed by atoms with Crippen molar-refractivity contribution >= 4 is 0 Å². The fourth-order valence-electron chi connectivity index (χ4n) is 2.61. The van der Waals surface area contributed by atoms with E-state index in [4.69, 9.17) is 14.7 Å². The number of benzene rings is 1. The molecule has 1 fully saturated rings. The van der Waals surface area contributed by atoms with Gasteiger partial charge >= 0.3 is 0 Å². The van der Waals surface area contributed by atoms with Crippen LogP contribution < -0.4 is 0 Å². The Kier molecular flexibility index (Phi) is 6.85. The maximum Gasteiger partial charge on any atom is 0.0991 e. The summed E-state index contributed by atoms with van der Waals surface area (Å²) in [5.74, 6) is 0. The monoisotopic (exact) mass is 302 g/mol. The molecular weight excluding hydrogens is 276 g/mol. The molecule has 2 rings (SSSR count). The summed E-state index contributed by atoms with van der Waals surface area (Å²) in [5.41, 5.74) is 1.94.